The average Bonchev–Trinajstić information content (AvgIpc) is 3.62. The van der Waals surface area contributed by atoms with Gasteiger partial charge in [0.05, 0.1) is 22.1 Å². The predicted molar refractivity (Wildman–Crippen MR) is 186 cm³/mol. The van der Waals surface area contributed by atoms with Crippen LogP contribution in [0.3, 0.4) is 0 Å². The molecule has 2 aromatic heterocycles. The molecule has 206 valence electrons. The molecule has 0 saturated heterocycles. The van der Waals surface area contributed by atoms with Gasteiger partial charge in [0.2, 0.25) is 0 Å². The highest BCUT2D eigenvalue weighted by Gasteiger charge is 2.18. The molecule has 7 aromatic carbocycles. The van der Waals surface area contributed by atoms with Gasteiger partial charge in [0.25, 0.3) is 0 Å². The van der Waals surface area contributed by atoms with Gasteiger partial charge in [-0.15, -0.1) is 0 Å². The Morgan fingerprint density at radius 2 is 0.818 bits per heavy atom. The number of benzene rings is 7. The molecule has 0 bridgehead atoms. The van der Waals surface area contributed by atoms with E-state index in [4.69, 9.17) is 0 Å². The van der Waals surface area contributed by atoms with Crippen LogP contribution in [-0.2, 0) is 0 Å². The largest absolute Gasteiger partial charge is 0.309 e. The van der Waals surface area contributed by atoms with Crippen LogP contribution in [0.4, 0.5) is 0 Å². The number of hydrogen-bond acceptors (Lipinski definition) is 0. The number of aromatic nitrogens is 2. The molecule has 0 aliphatic rings. The second-order valence-electron chi connectivity index (χ2n) is 11.4. The van der Waals surface area contributed by atoms with Crippen molar-refractivity contribution in [3.63, 3.8) is 0 Å². The summed E-state index contributed by atoms with van der Waals surface area (Å²) in [5.41, 5.74) is 12.1. The summed E-state index contributed by atoms with van der Waals surface area (Å²) in [5.74, 6) is 0. The van der Waals surface area contributed by atoms with Crippen LogP contribution in [-0.4, -0.2) is 9.13 Å². The first-order chi connectivity index (χ1) is 21.8. The Balaban J connectivity index is 1.26. The lowest BCUT2D eigenvalue weighted by Gasteiger charge is -2.11. The molecule has 0 amide bonds. The fourth-order valence-electron chi connectivity index (χ4n) is 6.97. The molecule has 2 nitrogen and oxygen atoms in total. The predicted octanol–water partition coefficient (Wildman–Crippen LogP) is 11.2. The zero-order valence-corrected chi connectivity index (χ0v) is 24.1. The van der Waals surface area contributed by atoms with Crippen LogP contribution in [0.25, 0.3) is 77.2 Å². The minimum atomic E-state index is 1.16. The van der Waals surface area contributed by atoms with E-state index in [1.807, 2.05) is 0 Å². The van der Waals surface area contributed by atoms with Crippen molar-refractivity contribution in [1.82, 2.24) is 9.13 Å². The smallest absolute Gasteiger partial charge is 0.0547 e. The zero-order valence-electron chi connectivity index (χ0n) is 24.1. The van der Waals surface area contributed by atoms with Gasteiger partial charge in [0, 0.05) is 32.9 Å². The third kappa shape index (κ3) is 3.75. The lowest BCUT2D eigenvalue weighted by Crippen LogP contribution is -1.94. The van der Waals surface area contributed by atoms with Gasteiger partial charge in [-0.05, 0) is 76.9 Å². The van der Waals surface area contributed by atoms with Gasteiger partial charge in [-0.3, -0.25) is 0 Å². The molecule has 9 aromatic rings. The Morgan fingerprint density at radius 1 is 0.295 bits per heavy atom. The molecule has 0 N–H and O–H groups in total. The number of hydrogen-bond donors (Lipinski definition) is 0. The third-order valence-electron chi connectivity index (χ3n) is 8.93. The van der Waals surface area contributed by atoms with E-state index in [9.17, 15) is 0 Å². The fraction of sp³-hybridized carbons (Fsp3) is 0. The standard InChI is InChI=1S/C42H28N2/c1-3-12-29(13-4-1)30-22-25-33(26-23-30)43-38-19-9-7-16-35(38)37-28-31(24-27-40(37)43)34-18-11-21-41-42(34)36-17-8-10-20-39(36)44(41)32-14-5-2-6-15-32/h1-28H. The van der Waals surface area contributed by atoms with Crippen LogP contribution in [0, 0.1) is 0 Å². The molecule has 0 spiro atoms. The van der Waals surface area contributed by atoms with Gasteiger partial charge in [-0.25, -0.2) is 0 Å². The van der Waals surface area contributed by atoms with E-state index in [-0.39, 0.29) is 0 Å². The molecule has 0 aliphatic carbocycles. The summed E-state index contributed by atoms with van der Waals surface area (Å²) in [5, 5.41) is 5.07. The van der Waals surface area contributed by atoms with Gasteiger partial charge in [0.1, 0.15) is 0 Å². The van der Waals surface area contributed by atoms with Crippen molar-refractivity contribution in [2.75, 3.05) is 0 Å². The minimum Gasteiger partial charge on any atom is -0.309 e. The van der Waals surface area contributed by atoms with Crippen molar-refractivity contribution in [2.24, 2.45) is 0 Å². The zero-order chi connectivity index (χ0) is 29.0. The summed E-state index contributed by atoms with van der Waals surface area (Å²) < 4.78 is 4.78. The van der Waals surface area contributed by atoms with E-state index in [1.165, 1.54) is 71.6 Å². The number of nitrogens with zero attached hydrogens (tertiary/aromatic N) is 2. The van der Waals surface area contributed by atoms with Gasteiger partial charge in [-0.1, -0.05) is 115 Å². The maximum atomic E-state index is 2.39. The van der Waals surface area contributed by atoms with Crippen molar-refractivity contribution in [3.05, 3.63) is 170 Å². The summed E-state index contributed by atoms with van der Waals surface area (Å²) in [6, 6.07) is 61.4. The summed E-state index contributed by atoms with van der Waals surface area (Å²) in [4.78, 5) is 0. The molecule has 0 unspecified atom stereocenters. The highest BCUT2D eigenvalue weighted by Crippen LogP contribution is 2.41. The normalized spacial score (nSPS) is 11.6. The average molecular weight is 561 g/mol. The second-order valence-corrected chi connectivity index (χ2v) is 11.4. The van der Waals surface area contributed by atoms with E-state index in [0.717, 1.165) is 5.69 Å². The molecule has 0 fully saturated rings. The molecule has 0 saturated carbocycles. The van der Waals surface area contributed by atoms with E-state index in [2.05, 4.69) is 179 Å². The minimum absolute atomic E-state index is 1.16. The van der Waals surface area contributed by atoms with Crippen molar-refractivity contribution in [3.8, 4) is 33.6 Å². The van der Waals surface area contributed by atoms with Crippen LogP contribution in [0.15, 0.2) is 170 Å². The van der Waals surface area contributed by atoms with Crippen LogP contribution in [0.1, 0.15) is 0 Å². The molecule has 0 radical (unpaired) electrons. The van der Waals surface area contributed by atoms with E-state index >= 15 is 0 Å². The van der Waals surface area contributed by atoms with Crippen LogP contribution in [0.5, 0.6) is 0 Å². The maximum Gasteiger partial charge on any atom is 0.0547 e. The molecule has 2 heteroatoms. The highest BCUT2D eigenvalue weighted by molar-refractivity contribution is 6.17. The van der Waals surface area contributed by atoms with Crippen molar-refractivity contribution < 1.29 is 0 Å². The van der Waals surface area contributed by atoms with E-state index in [1.54, 1.807) is 0 Å². The quantitative estimate of drug-likeness (QED) is 0.203. The third-order valence-corrected chi connectivity index (χ3v) is 8.93. The second kappa shape index (κ2) is 9.86. The van der Waals surface area contributed by atoms with Crippen molar-refractivity contribution in [2.45, 2.75) is 0 Å². The molecular formula is C42H28N2. The van der Waals surface area contributed by atoms with E-state index < -0.39 is 0 Å². The summed E-state index contributed by atoms with van der Waals surface area (Å²) in [6.45, 7) is 0. The SMILES string of the molecule is c1ccc(-c2ccc(-n3c4ccccc4c4cc(-c5cccc6c5c5ccccc5n6-c5ccccc5)ccc43)cc2)cc1. The van der Waals surface area contributed by atoms with Crippen molar-refractivity contribution >= 4 is 43.6 Å². The molecule has 9 rings (SSSR count). The van der Waals surface area contributed by atoms with Crippen molar-refractivity contribution in [1.29, 1.82) is 0 Å². The summed E-state index contributed by atoms with van der Waals surface area (Å²) >= 11 is 0. The highest BCUT2D eigenvalue weighted by atomic mass is 15.0. The van der Waals surface area contributed by atoms with E-state index in [0.29, 0.717) is 0 Å². The van der Waals surface area contributed by atoms with Gasteiger partial charge >= 0.3 is 0 Å². The van der Waals surface area contributed by atoms with Gasteiger partial charge in [0.15, 0.2) is 0 Å². The Morgan fingerprint density at radius 3 is 1.59 bits per heavy atom. The first-order valence-electron chi connectivity index (χ1n) is 15.1. The molecule has 0 aliphatic heterocycles. The molecule has 44 heavy (non-hydrogen) atoms. The fourth-order valence-corrected chi connectivity index (χ4v) is 6.97. The number of fused-ring (bicyclic) bond motifs is 6. The van der Waals surface area contributed by atoms with Crippen LogP contribution in [0.2, 0.25) is 0 Å². The van der Waals surface area contributed by atoms with Crippen LogP contribution < -0.4 is 0 Å². The first-order valence-corrected chi connectivity index (χ1v) is 15.1. The Hall–Kier alpha value is -5.86. The number of para-hydroxylation sites is 3. The van der Waals surface area contributed by atoms with Gasteiger partial charge in [-0.2, -0.15) is 0 Å². The Bertz CT molecular complexity index is 2460. The lowest BCUT2D eigenvalue weighted by molar-refractivity contribution is 1.18. The number of rotatable bonds is 4. The topological polar surface area (TPSA) is 9.86 Å². The summed E-state index contributed by atoms with van der Waals surface area (Å²) in [7, 11) is 0. The van der Waals surface area contributed by atoms with Gasteiger partial charge < -0.3 is 9.13 Å². The maximum absolute atomic E-state index is 2.39. The first kappa shape index (κ1) is 24.7. The van der Waals surface area contributed by atoms with Crippen LogP contribution >= 0.6 is 0 Å². The molecular weight excluding hydrogens is 532 g/mol. The monoisotopic (exact) mass is 560 g/mol. The molecule has 2 heterocycles. The summed E-state index contributed by atoms with van der Waals surface area (Å²) in [6.07, 6.45) is 0. The Kier molecular flexibility index (Phi) is 5.54. The Labute approximate surface area is 255 Å². The lowest BCUT2D eigenvalue weighted by atomic mass is 9.98. The molecule has 0 atom stereocenters.